The molecule has 0 amide bonds. The molecule has 1 heterocycles. The summed E-state index contributed by atoms with van der Waals surface area (Å²) < 4.78 is 20.0. The van der Waals surface area contributed by atoms with Gasteiger partial charge in [-0.15, -0.1) is 0 Å². The Morgan fingerprint density at radius 2 is 1.67 bits per heavy atom. The van der Waals surface area contributed by atoms with E-state index in [0.717, 1.165) is 0 Å². The van der Waals surface area contributed by atoms with E-state index in [0.29, 0.717) is 0 Å². The lowest BCUT2D eigenvalue weighted by Gasteiger charge is -2.08. The molecule has 0 bridgehead atoms. The number of hydrogen-bond donors (Lipinski definition) is 0. The molecule has 1 fully saturated rings. The second kappa shape index (κ2) is 0.964. The largest absolute Gasteiger partial charge is 0.229 e. The van der Waals surface area contributed by atoms with Crippen LogP contribution < -0.4 is 0 Å². The van der Waals surface area contributed by atoms with Gasteiger partial charge < -0.3 is 0 Å². The predicted molar refractivity (Wildman–Crippen MR) is 21.9 cm³/mol. The minimum atomic E-state index is -2.59. The van der Waals surface area contributed by atoms with Gasteiger partial charge in [-0.1, -0.05) is 0 Å². The number of rotatable bonds is 0. The lowest BCUT2D eigenvalue weighted by atomic mass is 10.5. The maximum Gasteiger partial charge on any atom is 0.151 e. The molecule has 0 atom stereocenters. The Labute approximate surface area is 37.1 Å². The summed E-state index contributed by atoms with van der Waals surface area (Å²) in [5, 5.41) is 0. The van der Waals surface area contributed by atoms with Gasteiger partial charge in [0.15, 0.2) is 9.84 Å². The highest BCUT2D eigenvalue weighted by atomic mass is 32.2. The highest BCUT2D eigenvalue weighted by Gasteiger charge is 2.20. The Morgan fingerprint density at radius 3 is 1.67 bits per heavy atom. The first-order valence-electron chi connectivity index (χ1n) is 1.62. The molecule has 0 spiro atoms. The second-order valence-electron chi connectivity index (χ2n) is 1.28. The maximum absolute atomic E-state index is 10.0. The molecule has 2 nitrogen and oxygen atoms in total. The van der Waals surface area contributed by atoms with Crippen molar-refractivity contribution in [1.29, 1.82) is 0 Å². The van der Waals surface area contributed by atoms with Gasteiger partial charge in [0.1, 0.15) is 0 Å². The van der Waals surface area contributed by atoms with Crippen molar-refractivity contribution < 1.29 is 8.42 Å². The summed E-state index contributed by atoms with van der Waals surface area (Å²) in [4.78, 5) is 0. The van der Waals surface area contributed by atoms with Crippen LogP contribution in [0.15, 0.2) is 0 Å². The highest BCUT2D eigenvalue weighted by molar-refractivity contribution is 7.93. The fourth-order valence-corrected chi connectivity index (χ4v) is 0.806. The van der Waals surface area contributed by atoms with E-state index in [1.807, 2.05) is 0 Å². The lowest BCUT2D eigenvalue weighted by Crippen LogP contribution is -2.24. The van der Waals surface area contributed by atoms with Crippen molar-refractivity contribution in [1.82, 2.24) is 0 Å². The van der Waals surface area contributed by atoms with E-state index in [1.165, 1.54) is 0 Å². The van der Waals surface area contributed by atoms with E-state index < -0.39 is 9.84 Å². The molecule has 0 aromatic carbocycles. The minimum Gasteiger partial charge on any atom is -0.229 e. The summed E-state index contributed by atoms with van der Waals surface area (Å²) in [5.41, 5.74) is 0. The molecule has 2 radical (unpaired) electrons. The van der Waals surface area contributed by atoms with Crippen LogP contribution in [0.3, 0.4) is 0 Å². The first-order chi connectivity index (χ1) is 2.71. The summed E-state index contributed by atoms with van der Waals surface area (Å²) in [6.45, 7) is 0. The van der Waals surface area contributed by atoms with Gasteiger partial charge in [-0.25, -0.2) is 8.42 Å². The van der Waals surface area contributed by atoms with Crippen molar-refractivity contribution >= 4 is 9.84 Å². The van der Waals surface area contributed by atoms with Crippen LogP contribution in [0.4, 0.5) is 0 Å². The summed E-state index contributed by atoms with van der Waals surface area (Å²) in [7, 11) is -2.59. The van der Waals surface area contributed by atoms with Gasteiger partial charge >= 0.3 is 0 Å². The molecule has 0 aliphatic carbocycles. The van der Waals surface area contributed by atoms with Crippen molar-refractivity contribution in [3.8, 4) is 0 Å². The average molecular weight is 104 g/mol. The molecular formula is C3H4O2S. The van der Waals surface area contributed by atoms with Crippen LogP contribution in [0.5, 0.6) is 0 Å². The lowest BCUT2D eigenvalue weighted by molar-refractivity contribution is 0.592. The van der Waals surface area contributed by atoms with Crippen molar-refractivity contribution in [2.75, 3.05) is 11.5 Å². The van der Waals surface area contributed by atoms with E-state index in [2.05, 4.69) is 6.42 Å². The van der Waals surface area contributed by atoms with Gasteiger partial charge in [0.25, 0.3) is 0 Å². The summed E-state index contributed by atoms with van der Waals surface area (Å²) in [6, 6.07) is 0. The SMILES string of the molecule is O=S1(=O)C[C]C1. The average Bonchev–Trinajstić information content (AvgIpc) is 1.32. The number of hydrogen-bond acceptors (Lipinski definition) is 2. The molecule has 1 aliphatic rings. The minimum absolute atomic E-state index is 0.174. The van der Waals surface area contributed by atoms with Crippen LogP contribution in [0.1, 0.15) is 0 Å². The highest BCUT2D eigenvalue weighted by Crippen LogP contribution is 2.05. The molecule has 34 valence electrons. The topological polar surface area (TPSA) is 34.1 Å². The van der Waals surface area contributed by atoms with Crippen LogP contribution in [-0.4, -0.2) is 19.9 Å². The van der Waals surface area contributed by atoms with Crippen molar-refractivity contribution in [2.45, 2.75) is 0 Å². The summed E-state index contributed by atoms with van der Waals surface area (Å²) >= 11 is 0. The molecule has 0 N–H and O–H groups in total. The van der Waals surface area contributed by atoms with E-state index in [4.69, 9.17) is 0 Å². The molecule has 0 unspecified atom stereocenters. The van der Waals surface area contributed by atoms with Crippen LogP contribution in [-0.2, 0) is 9.84 Å². The fraction of sp³-hybridized carbons (Fsp3) is 0.667. The first-order valence-corrected chi connectivity index (χ1v) is 3.44. The van der Waals surface area contributed by atoms with E-state index in [1.54, 1.807) is 0 Å². The summed E-state index contributed by atoms with van der Waals surface area (Å²) in [5.74, 6) is 0.347. The predicted octanol–water partition coefficient (Wildman–Crippen LogP) is -0.504. The van der Waals surface area contributed by atoms with Crippen LogP contribution in [0.2, 0.25) is 0 Å². The molecule has 6 heavy (non-hydrogen) atoms. The molecule has 1 rings (SSSR count). The van der Waals surface area contributed by atoms with Gasteiger partial charge in [-0.2, -0.15) is 0 Å². The molecule has 1 saturated heterocycles. The Kier molecular flexibility index (Phi) is 0.662. The van der Waals surface area contributed by atoms with E-state index >= 15 is 0 Å². The third-order valence-electron chi connectivity index (χ3n) is 0.644. The zero-order valence-corrected chi connectivity index (χ0v) is 3.96. The fourth-order valence-electron chi connectivity index (χ4n) is 0.269. The molecule has 0 aromatic heterocycles. The molecule has 1 aliphatic heterocycles. The zero-order chi connectivity index (χ0) is 4.62. The quantitative estimate of drug-likeness (QED) is 0.415. The van der Waals surface area contributed by atoms with Crippen LogP contribution in [0.25, 0.3) is 0 Å². The van der Waals surface area contributed by atoms with Crippen molar-refractivity contribution in [2.24, 2.45) is 0 Å². The normalized spacial score (nSPS) is 28.7. The standard InChI is InChI=1S/C3H4O2S/c4-6(5)2-1-3-6/h2-3H2. The van der Waals surface area contributed by atoms with Crippen LogP contribution >= 0.6 is 0 Å². The smallest absolute Gasteiger partial charge is 0.151 e. The van der Waals surface area contributed by atoms with Crippen molar-refractivity contribution in [3.63, 3.8) is 0 Å². The third-order valence-corrected chi connectivity index (χ3v) is 1.93. The van der Waals surface area contributed by atoms with E-state index in [9.17, 15) is 8.42 Å². The van der Waals surface area contributed by atoms with Crippen molar-refractivity contribution in [3.05, 3.63) is 6.42 Å². The Bertz CT molecular complexity index is 123. The molecule has 0 saturated carbocycles. The zero-order valence-electron chi connectivity index (χ0n) is 3.14. The summed E-state index contributed by atoms with van der Waals surface area (Å²) in [6.07, 6.45) is 2.61. The van der Waals surface area contributed by atoms with Crippen LogP contribution in [0, 0.1) is 6.42 Å². The second-order valence-corrected chi connectivity index (χ2v) is 3.35. The number of sulfone groups is 1. The third kappa shape index (κ3) is 0.544. The van der Waals surface area contributed by atoms with Gasteiger partial charge in [0, 0.05) is 6.42 Å². The molecular weight excluding hydrogens is 100 g/mol. The van der Waals surface area contributed by atoms with E-state index in [-0.39, 0.29) is 11.5 Å². The molecule has 3 heteroatoms. The van der Waals surface area contributed by atoms with Gasteiger partial charge in [0.2, 0.25) is 0 Å². The maximum atomic E-state index is 10.0. The van der Waals surface area contributed by atoms with Gasteiger partial charge in [0.05, 0.1) is 11.5 Å². The Balaban J connectivity index is 2.78. The Hall–Kier alpha value is -0.0500. The first kappa shape index (κ1) is 4.12. The monoisotopic (exact) mass is 104 g/mol. The van der Waals surface area contributed by atoms with Gasteiger partial charge in [-0.3, -0.25) is 0 Å². The van der Waals surface area contributed by atoms with Gasteiger partial charge in [-0.05, 0) is 0 Å². The Morgan fingerprint density at radius 1 is 1.33 bits per heavy atom. The molecule has 0 aromatic rings.